The fourth-order valence-corrected chi connectivity index (χ4v) is 2.83. The van der Waals surface area contributed by atoms with Gasteiger partial charge < -0.3 is 4.74 Å². The lowest BCUT2D eigenvalue weighted by molar-refractivity contribution is -0.143. The van der Waals surface area contributed by atoms with Gasteiger partial charge in [0.15, 0.2) is 0 Å². The maximum atomic E-state index is 11.5. The predicted molar refractivity (Wildman–Crippen MR) is 56.2 cm³/mol. The SMILES string of the molecule is CCCOC(=O)C1SCC(C)C1N=O. The van der Waals surface area contributed by atoms with Gasteiger partial charge in [0.25, 0.3) is 0 Å². The zero-order chi connectivity index (χ0) is 10.6. The molecule has 1 aliphatic rings. The molecule has 0 radical (unpaired) electrons. The first-order valence-corrected chi connectivity index (χ1v) is 5.86. The molecule has 0 amide bonds. The van der Waals surface area contributed by atoms with Crippen LogP contribution in [0.5, 0.6) is 0 Å². The van der Waals surface area contributed by atoms with Crippen molar-refractivity contribution in [3.8, 4) is 0 Å². The zero-order valence-electron chi connectivity index (χ0n) is 8.43. The Morgan fingerprint density at radius 1 is 1.64 bits per heavy atom. The van der Waals surface area contributed by atoms with E-state index in [4.69, 9.17) is 4.74 Å². The van der Waals surface area contributed by atoms with Gasteiger partial charge in [-0.2, -0.15) is 4.91 Å². The average Bonchev–Trinajstić information content (AvgIpc) is 2.55. The summed E-state index contributed by atoms with van der Waals surface area (Å²) in [5.74, 6) is 0.699. The fourth-order valence-electron chi connectivity index (χ4n) is 1.40. The number of carbonyl (C=O) groups is 1. The van der Waals surface area contributed by atoms with Crippen LogP contribution in [0.2, 0.25) is 0 Å². The van der Waals surface area contributed by atoms with Gasteiger partial charge in [0.1, 0.15) is 11.3 Å². The minimum absolute atomic E-state index is 0.177. The number of ether oxygens (including phenoxy) is 1. The minimum Gasteiger partial charge on any atom is -0.465 e. The molecule has 0 N–H and O–H groups in total. The highest BCUT2D eigenvalue weighted by Crippen LogP contribution is 2.34. The molecular formula is C9H15NO3S. The second kappa shape index (κ2) is 5.34. The molecule has 3 unspecified atom stereocenters. The summed E-state index contributed by atoms with van der Waals surface area (Å²) < 4.78 is 5.00. The van der Waals surface area contributed by atoms with Gasteiger partial charge in [-0.25, -0.2) is 0 Å². The predicted octanol–water partition coefficient (Wildman–Crippen LogP) is 1.83. The van der Waals surface area contributed by atoms with Crippen molar-refractivity contribution < 1.29 is 9.53 Å². The van der Waals surface area contributed by atoms with Crippen molar-refractivity contribution in [2.24, 2.45) is 11.1 Å². The lowest BCUT2D eigenvalue weighted by atomic mass is 10.0. The Morgan fingerprint density at radius 2 is 2.36 bits per heavy atom. The summed E-state index contributed by atoms with van der Waals surface area (Å²) in [4.78, 5) is 22.0. The largest absolute Gasteiger partial charge is 0.465 e. The first-order valence-electron chi connectivity index (χ1n) is 4.81. The number of esters is 1. The number of hydrogen-bond donors (Lipinski definition) is 0. The Hall–Kier alpha value is -0.580. The second-order valence-electron chi connectivity index (χ2n) is 3.49. The highest BCUT2D eigenvalue weighted by atomic mass is 32.2. The summed E-state index contributed by atoms with van der Waals surface area (Å²) >= 11 is 1.47. The highest BCUT2D eigenvalue weighted by Gasteiger charge is 2.41. The van der Waals surface area contributed by atoms with Crippen molar-refractivity contribution >= 4 is 17.7 Å². The topological polar surface area (TPSA) is 55.7 Å². The van der Waals surface area contributed by atoms with Crippen LogP contribution in [0.1, 0.15) is 20.3 Å². The molecule has 0 aliphatic carbocycles. The molecular weight excluding hydrogens is 202 g/mol. The molecule has 80 valence electrons. The van der Waals surface area contributed by atoms with Crippen LogP contribution >= 0.6 is 11.8 Å². The van der Waals surface area contributed by atoms with Crippen LogP contribution in [0, 0.1) is 10.8 Å². The molecule has 0 spiro atoms. The van der Waals surface area contributed by atoms with Gasteiger partial charge in [-0.3, -0.25) is 4.79 Å². The fraction of sp³-hybridized carbons (Fsp3) is 0.889. The van der Waals surface area contributed by atoms with E-state index in [0.29, 0.717) is 6.61 Å². The average molecular weight is 217 g/mol. The van der Waals surface area contributed by atoms with Crippen molar-refractivity contribution in [2.45, 2.75) is 31.6 Å². The number of thioether (sulfide) groups is 1. The molecule has 1 fully saturated rings. The lowest BCUT2D eigenvalue weighted by Gasteiger charge is -2.13. The molecule has 5 heteroatoms. The van der Waals surface area contributed by atoms with Crippen LogP contribution in [0.4, 0.5) is 0 Å². The van der Waals surface area contributed by atoms with Gasteiger partial charge >= 0.3 is 5.97 Å². The molecule has 0 bridgehead atoms. The first kappa shape index (κ1) is 11.5. The van der Waals surface area contributed by atoms with Crippen molar-refractivity contribution in [1.29, 1.82) is 0 Å². The molecule has 3 atom stereocenters. The van der Waals surface area contributed by atoms with E-state index in [9.17, 15) is 9.70 Å². The smallest absolute Gasteiger partial charge is 0.321 e. The number of carbonyl (C=O) groups excluding carboxylic acids is 1. The van der Waals surface area contributed by atoms with E-state index < -0.39 is 6.04 Å². The number of hydrogen-bond acceptors (Lipinski definition) is 5. The third-order valence-electron chi connectivity index (χ3n) is 2.23. The van der Waals surface area contributed by atoms with Crippen LogP contribution < -0.4 is 0 Å². The summed E-state index contributed by atoms with van der Waals surface area (Å²) in [5.41, 5.74) is 0. The molecule has 0 aromatic carbocycles. The van der Waals surface area contributed by atoms with E-state index >= 15 is 0 Å². The molecule has 1 saturated heterocycles. The normalized spacial score (nSPS) is 31.4. The van der Waals surface area contributed by atoms with E-state index in [-0.39, 0.29) is 17.1 Å². The van der Waals surface area contributed by atoms with E-state index in [0.717, 1.165) is 12.2 Å². The van der Waals surface area contributed by atoms with Crippen molar-refractivity contribution in [3.63, 3.8) is 0 Å². The Labute approximate surface area is 87.7 Å². The van der Waals surface area contributed by atoms with Crippen molar-refractivity contribution in [3.05, 3.63) is 4.91 Å². The molecule has 1 aliphatic heterocycles. The Morgan fingerprint density at radius 3 is 2.93 bits per heavy atom. The van der Waals surface area contributed by atoms with Crippen LogP contribution in [0.3, 0.4) is 0 Å². The second-order valence-corrected chi connectivity index (χ2v) is 4.67. The third kappa shape index (κ3) is 2.47. The Kier molecular flexibility index (Phi) is 4.38. The van der Waals surface area contributed by atoms with Crippen LogP contribution in [-0.2, 0) is 9.53 Å². The standard InChI is InChI=1S/C9H15NO3S/c1-3-4-13-9(11)8-7(10-12)6(2)5-14-8/h6-8H,3-5H2,1-2H3. The van der Waals surface area contributed by atoms with E-state index in [1.165, 1.54) is 11.8 Å². The zero-order valence-corrected chi connectivity index (χ0v) is 9.25. The van der Waals surface area contributed by atoms with Gasteiger partial charge in [-0.1, -0.05) is 19.0 Å². The molecule has 14 heavy (non-hydrogen) atoms. The number of nitrogens with zero attached hydrogens (tertiary/aromatic N) is 1. The molecule has 4 nitrogen and oxygen atoms in total. The monoisotopic (exact) mass is 217 g/mol. The van der Waals surface area contributed by atoms with Gasteiger partial charge in [0.05, 0.1) is 6.61 Å². The minimum atomic E-state index is -0.413. The van der Waals surface area contributed by atoms with Crippen molar-refractivity contribution in [2.75, 3.05) is 12.4 Å². The number of rotatable bonds is 4. The van der Waals surface area contributed by atoms with Crippen LogP contribution in [0.15, 0.2) is 5.18 Å². The maximum Gasteiger partial charge on any atom is 0.321 e. The van der Waals surface area contributed by atoms with Crippen LogP contribution in [-0.4, -0.2) is 29.6 Å². The van der Waals surface area contributed by atoms with E-state index in [1.807, 2.05) is 13.8 Å². The van der Waals surface area contributed by atoms with Crippen LogP contribution in [0.25, 0.3) is 0 Å². The van der Waals surface area contributed by atoms with Gasteiger partial charge in [0, 0.05) is 0 Å². The quantitative estimate of drug-likeness (QED) is 0.532. The molecule has 1 heterocycles. The summed E-state index contributed by atoms with van der Waals surface area (Å²) in [7, 11) is 0. The van der Waals surface area contributed by atoms with Gasteiger partial charge in [0.2, 0.25) is 0 Å². The summed E-state index contributed by atoms with van der Waals surface area (Å²) in [5, 5.41) is 2.63. The number of nitroso groups, excluding NO2 is 1. The Balaban J connectivity index is 2.50. The van der Waals surface area contributed by atoms with Gasteiger partial charge in [-0.05, 0) is 18.1 Å². The molecule has 0 saturated carbocycles. The van der Waals surface area contributed by atoms with Gasteiger partial charge in [-0.15, -0.1) is 11.8 Å². The van der Waals surface area contributed by atoms with E-state index in [2.05, 4.69) is 5.18 Å². The van der Waals surface area contributed by atoms with Crippen molar-refractivity contribution in [1.82, 2.24) is 0 Å². The van der Waals surface area contributed by atoms with E-state index in [1.54, 1.807) is 0 Å². The summed E-state index contributed by atoms with van der Waals surface area (Å²) in [6, 6.07) is -0.413. The first-order chi connectivity index (χ1) is 6.70. The molecule has 0 aromatic rings. The third-order valence-corrected chi connectivity index (χ3v) is 3.78. The molecule has 0 aromatic heterocycles. The molecule has 1 rings (SSSR count). The summed E-state index contributed by atoms with van der Waals surface area (Å²) in [6.45, 7) is 4.30. The highest BCUT2D eigenvalue weighted by molar-refractivity contribution is 8.00. The maximum absolute atomic E-state index is 11.5. The Bertz CT molecular complexity index is 222. The lowest BCUT2D eigenvalue weighted by Crippen LogP contribution is -2.30. The summed E-state index contributed by atoms with van der Waals surface area (Å²) in [6.07, 6.45) is 0.803.